The Labute approximate surface area is 118 Å². The Morgan fingerprint density at radius 2 is 1.79 bits per heavy atom. The minimum Gasteiger partial charge on any atom is -0.497 e. The van der Waals surface area contributed by atoms with Crippen molar-refractivity contribution in [2.24, 2.45) is 5.41 Å². The van der Waals surface area contributed by atoms with Crippen molar-refractivity contribution >= 4 is 0 Å². The average molecular weight is 263 g/mol. The highest BCUT2D eigenvalue weighted by atomic mass is 16.5. The van der Waals surface area contributed by atoms with Gasteiger partial charge in [-0.2, -0.15) is 0 Å². The summed E-state index contributed by atoms with van der Waals surface area (Å²) in [6.45, 7) is 10.2. The van der Waals surface area contributed by atoms with E-state index in [1.54, 1.807) is 7.11 Å². The summed E-state index contributed by atoms with van der Waals surface area (Å²) in [5.41, 5.74) is 1.77. The Morgan fingerprint density at radius 3 is 2.26 bits per heavy atom. The maximum atomic E-state index is 5.19. The molecule has 1 unspecified atom stereocenters. The van der Waals surface area contributed by atoms with Crippen LogP contribution < -0.4 is 10.1 Å². The van der Waals surface area contributed by atoms with Crippen LogP contribution in [0.5, 0.6) is 5.75 Å². The third-order valence-electron chi connectivity index (χ3n) is 3.29. The second kappa shape index (κ2) is 7.54. The molecule has 0 aliphatic heterocycles. The SMILES string of the molecule is CCNC(CCc1ccc(OC)cc1)CC(C)(C)C. The van der Waals surface area contributed by atoms with Gasteiger partial charge in [0.05, 0.1) is 7.11 Å². The first kappa shape index (κ1) is 16.0. The molecule has 0 spiro atoms. The molecule has 19 heavy (non-hydrogen) atoms. The molecule has 1 aromatic carbocycles. The maximum absolute atomic E-state index is 5.19. The van der Waals surface area contributed by atoms with Gasteiger partial charge in [0.1, 0.15) is 5.75 Å². The number of ether oxygens (including phenoxy) is 1. The van der Waals surface area contributed by atoms with E-state index in [0.717, 1.165) is 18.7 Å². The van der Waals surface area contributed by atoms with Crippen molar-refractivity contribution in [3.05, 3.63) is 29.8 Å². The van der Waals surface area contributed by atoms with Gasteiger partial charge in [-0.25, -0.2) is 0 Å². The monoisotopic (exact) mass is 263 g/mol. The number of benzene rings is 1. The molecular weight excluding hydrogens is 234 g/mol. The molecular formula is C17H29NO. The summed E-state index contributed by atoms with van der Waals surface area (Å²) in [6, 6.07) is 9.02. The lowest BCUT2D eigenvalue weighted by Gasteiger charge is -2.26. The van der Waals surface area contributed by atoms with Crippen LogP contribution in [-0.2, 0) is 6.42 Å². The molecule has 0 fully saturated rings. The van der Waals surface area contributed by atoms with Crippen molar-refractivity contribution < 1.29 is 4.74 Å². The predicted molar refractivity (Wildman–Crippen MR) is 82.9 cm³/mol. The lowest BCUT2D eigenvalue weighted by atomic mass is 9.86. The van der Waals surface area contributed by atoms with E-state index in [1.165, 1.54) is 18.4 Å². The summed E-state index contributed by atoms with van der Waals surface area (Å²) >= 11 is 0. The molecule has 2 heteroatoms. The lowest BCUT2D eigenvalue weighted by molar-refractivity contribution is 0.301. The Hall–Kier alpha value is -1.02. The zero-order chi connectivity index (χ0) is 14.3. The fraction of sp³-hybridized carbons (Fsp3) is 0.647. The van der Waals surface area contributed by atoms with Crippen molar-refractivity contribution in [1.82, 2.24) is 5.32 Å². The molecule has 0 saturated carbocycles. The van der Waals surface area contributed by atoms with E-state index in [-0.39, 0.29) is 0 Å². The van der Waals surface area contributed by atoms with Crippen LogP contribution in [0.25, 0.3) is 0 Å². The second-order valence-corrected chi connectivity index (χ2v) is 6.41. The molecule has 0 radical (unpaired) electrons. The number of aryl methyl sites for hydroxylation is 1. The molecule has 0 bridgehead atoms. The zero-order valence-electron chi connectivity index (χ0n) is 13.1. The first-order chi connectivity index (χ1) is 8.94. The van der Waals surface area contributed by atoms with Crippen LogP contribution in [0.3, 0.4) is 0 Å². The number of hydrogen-bond acceptors (Lipinski definition) is 2. The number of rotatable bonds is 7. The van der Waals surface area contributed by atoms with Gasteiger partial charge in [0.2, 0.25) is 0 Å². The van der Waals surface area contributed by atoms with Crippen LogP contribution in [0.4, 0.5) is 0 Å². The summed E-state index contributed by atoms with van der Waals surface area (Å²) in [4.78, 5) is 0. The van der Waals surface area contributed by atoms with Crippen molar-refractivity contribution in [2.45, 2.75) is 53.0 Å². The van der Waals surface area contributed by atoms with Gasteiger partial charge >= 0.3 is 0 Å². The highest BCUT2D eigenvalue weighted by Gasteiger charge is 2.17. The summed E-state index contributed by atoms with van der Waals surface area (Å²) in [5.74, 6) is 0.932. The Balaban J connectivity index is 2.50. The normalized spacial score (nSPS) is 13.3. The summed E-state index contributed by atoms with van der Waals surface area (Å²) in [6.07, 6.45) is 3.53. The van der Waals surface area contributed by atoms with Crippen molar-refractivity contribution in [3.63, 3.8) is 0 Å². The first-order valence-corrected chi connectivity index (χ1v) is 7.31. The molecule has 1 aromatic rings. The van der Waals surface area contributed by atoms with Gasteiger partial charge in [0, 0.05) is 6.04 Å². The fourth-order valence-corrected chi connectivity index (χ4v) is 2.44. The molecule has 108 valence electrons. The van der Waals surface area contributed by atoms with Gasteiger partial charge in [-0.15, -0.1) is 0 Å². The molecule has 0 heterocycles. The van der Waals surface area contributed by atoms with E-state index in [9.17, 15) is 0 Å². The predicted octanol–water partition coefficient (Wildman–Crippen LogP) is 4.04. The number of nitrogens with one attached hydrogen (secondary N) is 1. The lowest BCUT2D eigenvalue weighted by Crippen LogP contribution is -2.33. The summed E-state index contributed by atoms with van der Waals surface area (Å²) < 4.78 is 5.19. The Kier molecular flexibility index (Phi) is 6.36. The van der Waals surface area contributed by atoms with Gasteiger partial charge in [-0.3, -0.25) is 0 Å². The van der Waals surface area contributed by atoms with E-state index in [2.05, 4.69) is 45.1 Å². The molecule has 2 nitrogen and oxygen atoms in total. The number of hydrogen-bond donors (Lipinski definition) is 1. The molecule has 1 atom stereocenters. The highest BCUT2D eigenvalue weighted by Crippen LogP contribution is 2.23. The van der Waals surface area contributed by atoms with Crippen LogP contribution in [0.15, 0.2) is 24.3 Å². The molecule has 0 amide bonds. The maximum Gasteiger partial charge on any atom is 0.118 e. The van der Waals surface area contributed by atoms with E-state index in [0.29, 0.717) is 11.5 Å². The zero-order valence-corrected chi connectivity index (χ0v) is 13.1. The van der Waals surface area contributed by atoms with E-state index in [4.69, 9.17) is 4.74 Å². The molecule has 0 aliphatic carbocycles. The smallest absolute Gasteiger partial charge is 0.118 e. The summed E-state index contributed by atoms with van der Waals surface area (Å²) in [7, 11) is 1.71. The van der Waals surface area contributed by atoms with Gasteiger partial charge < -0.3 is 10.1 Å². The largest absolute Gasteiger partial charge is 0.497 e. The Morgan fingerprint density at radius 1 is 1.16 bits per heavy atom. The molecule has 0 saturated heterocycles. The van der Waals surface area contributed by atoms with Gasteiger partial charge in [0.15, 0.2) is 0 Å². The molecule has 1 N–H and O–H groups in total. The molecule has 1 rings (SSSR count). The van der Waals surface area contributed by atoms with E-state index >= 15 is 0 Å². The topological polar surface area (TPSA) is 21.3 Å². The fourth-order valence-electron chi connectivity index (χ4n) is 2.44. The van der Waals surface area contributed by atoms with Crippen molar-refractivity contribution in [3.8, 4) is 5.75 Å². The standard InChI is InChI=1S/C17H29NO/c1-6-18-15(13-17(2,3)4)10-7-14-8-11-16(19-5)12-9-14/h8-9,11-12,15,18H,6-7,10,13H2,1-5H3. The minimum atomic E-state index is 0.382. The average Bonchev–Trinajstić information content (AvgIpc) is 2.35. The van der Waals surface area contributed by atoms with Crippen LogP contribution in [0.2, 0.25) is 0 Å². The van der Waals surface area contributed by atoms with Crippen LogP contribution in [-0.4, -0.2) is 19.7 Å². The second-order valence-electron chi connectivity index (χ2n) is 6.41. The van der Waals surface area contributed by atoms with Gasteiger partial charge in [0.25, 0.3) is 0 Å². The molecule has 0 aliphatic rings. The quantitative estimate of drug-likeness (QED) is 0.801. The van der Waals surface area contributed by atoms with Crippen LogP contribution >= 0.6 is 0 Å². The minimum absolute atomic E-state index is 0.382. The van der Waals surface area contributed by atoms with Crippen molar-refractivity contribution in [1.29, 1.82) is 0 Å². The Bertz CT molecular complexity index is 351. The van der Waals surface area contributed by atoms with E-state index < -0.39 is 0 Å². The summed E-state index contributed by atoms with van der Waals surface area (Å²) in [5, 5.41) is 3.61. The molecule has 0 aromatic heterocycles. The first-order valence-electron chi connectivity index (χ1n) is 7.31. The number of methoxy groups -OCH3 is 1. The van der Waals surface area contributed by atoms with Gasteiger partial charge in [-0.1, -0.05) is 39.8 Å². The highest BCUT2D eigenvalue weighted by molar-refractivity contribution is 5.27. The van der Waals surface area contributed by atoms with E-state index in [1.807, 2.05) is 12.1 Å². The van der Waals surface area contributed by atoms with Crippen LogP contribution in [0.1, 0.15) is 46.1 Å². The van der Waals surface area contributed by atoms with Crippen LogP contribution in [0, 0.1) is 5.41 Å². The van der Waals surface area contributed by atoms with Crippen molar-refractivity contribution in [2.75, 3.05) is 13.7 Å². The van der Waals surface area contributed by atoms with Gasteiger partial charge in [-0.05, 0) is 48.9 Å². The third kappa shape index (κ3) is 6.63. The third-order valence-corrected chi connectivity index (χ3v) is 3.29.